The topological polar surface area (TPSA) is 17.1 Å². The predicted molar refractivity (Wildman–Crippen MR) is 67.4 cm³/mol. The average molecular weight is 214 g/mol. The number of carbonyl (C=O) groups excluding carboxylic acids is 1. The lowest BCUT2D eigenvalue weighted by Crippen LogP contribution is -1.93. The molecule has 16 heavy (non-hydrogen) atoms. The number of hydrogen-bond donors (Lipinski definition) is 0. The van der Waals surface area contributed by atoms with Crippen LogP contribution >= 0.6 is 0 Å². The summed E-state index contributed by atoms with van der Waals surface area (Å²) in [5.41, 5.74) is 5.02. The first-order valence-corrected chi connectivity index (χ1v) is 5.98. The van der Waals surface area contributed by atoms with E-state index in [0.29, 0.717) is 6.42 Å². The molecule has 0 aromatic heterocycles. The third kappa shape index (κ3) is 2.41. The third-order valence-electron chi connectivity index (χ3n) is 3.19. The van der Waals surface area contributed by atoms with Crippen LogP contribution in [0.15, 0.2) is 24.3 Å². The van der Waals surface area contributed by atoms with E-state index in [9.17, 15) is 4.79 Å². The number of carbonyl (C=O) groups is 1. The molecular weight excluding hydrogens is 196 g/mol. The van der Waals surface area contributed by atoms with Crippen LogP contribution in [0.2, 0.25) is 0 Å². The molecule has 0 bridgehead atoms. The van der Waals surface area contributed by atoms with Crippen molar-refractivity contribution in [3.63, 3.8) is 0 Å². The second-order valence-corrected chi connectivity index (χ2v) is 4.66. The van der Waals surface area contributed by atoms with Crippen LogP contribution in [0.4, 0.5) is 0 Å². The maximum absolute atomic E-state index is 11.6. The van der Waals surface area contributed by atoms with Crippen LogP contribution < -0.4 is 0 Å². The molecule has 0 amide bonds. The minimum Gasteiger partial charge on any atom is -0.295 e. The van der Waals surface area contributed by atoms with E-state index in [2.05, 4.69) is 32.0 Å². The Bertz CT molecular complexity index is 441. The third-order valence-corrected chi connectivity index (χ3v) is 3.19. The molecule has 1 heteroatoms. The molecule has 0 heterocycles. The van der Waals surface area contributed by atoms with Crippen molar-refractivity contribution in [1.82, 2.24) is 0 Å². The van der Waals surface area contributed by atoms with E-state index < -0.39 is 0 Å². The molecule has 0 fully saturated rings. The summed E-state index contributed by atoms with van der Waals surface area (Å²) in [4.78, 5) is 11.6. The van der Waals surface area contributed by atoms with Gasteiger partial charge in [0.25, 0.3) is 0 Å². The van der Waals surface area contributed by atoms with E-state index in [1.165, 1.54) is 22.3 Å². The lowest BCUT2D eigenvalue weighted by molar-refractivity contribution is -0.114. The van der Waals surface area contributed by atoms with Crippen molar-refractivity contribution < 1.29 is 4.79 Å². The molecule has 0 saturated carbocycles. The van der Waals surface area contributed by atoms with Crippen LogP contribution in [0.3, 0.4) is 0 Å². The molecule has 84 valence electrons. The van der Waals surface area contributed by atoms with E-state index in [0.717, 1.165) is 19.3 Å². The lowest BCUT2D eigenvalue weighted by atomic mass is 9.95. The molecule has 1 aliphatic rings. The van der Waals surface area contributed by atoms with Crippen molar-refractivity contribution in [2.75, 3.05) is 0 Å². The SMILES string of the molecule is Cc1ccc(C)c(C2=CC(=O)CCCC2)c1. The highest BCUT2D eigenvalue weighted by Crippen LogP contribution is 2.27. The number of hydrogen-bond acceptors (Lipinski definition) is 1. The van der Waals surface area contributed by atoms with E-state index in [1.807, 2.05) is 6.08 Å². The van der Waals surface area contributed by atoms with Gasteiger partial charge in [0.15, 0.2) is 5.78 Å². The molecule has 1 aliphatic carbocycles. The van der Waals surface area contributed by atoms with Gasteiger partial charge in [-0.1, -0.05) is 23.8 Å². The Labute approximate surface area is 97.2 Å². The second kappa shape index (κ2) is 4.65. The van der Waals surface area contributed by atoms with E-state index in [1.54, 1.807) is 0 Å². The van der Waals surface area contributed by atoms with Gasteiger partial charge in [0, 0.05) is 6.42 Å². The van der Waals surface area contributed by atoms with Gasteiger partial charge in [-0.2, -0.15) is 0 Å². The van der Waals surface area contributed by atoms with Gasteiger partial charge in [0.2, 0.25) is 0 Å². The maximum Gasteiger partial charge on any atom is 0.155 e. The summed E-state index contributed by atoms with van der Waals surface area (Å²) >= 11 is 0. The van der Waals surface area contributed by atoms with Crippen LogP contribution in [0, 0.1) is 13.8 Å². The van der Waals surface area contributed by atoms with Gasteiger partial charge in [0.05, 0.1) is 0 Å². The molecule has 0 unspecified atom stereocenters. The normalized spacial score (nSPS) is 16.9. The van der Waals surface area contributed by atoms with Gasteiger partial charge in [-0.05, 0) is 55.9 Å². The Kier molecular flexibility index (Phi) is 3.23. The first-order chi connectivity index (χ1) is 7.66. The highest BCUT2D eigenvalue weighted by atomic mass is 16.1. The van der Waals surface area contributed by atoms with Crippen molar-refractivity contribution in [3.05, 3.63) is 41.0 Å². The molecule has 0 radical (unpaired) electrons. The zero-order valence-corrected chi connectivity index (χ0v) is 10.0. The highest BCUT2D eigenvalue weighted by Gasteiger charge is 2.11. The Morgan fingerprint density at radius 2 is 1.81 bits per heavy atom. The van der Waals surface area contributed by atoms with Crippen molar-refractivity contribution in [2.24, 2.45) is 0 Å². The van der Waals surface area contributed by atoms with Gasteiger partial charge in [0.1, 0.15) is 0 Å². The predicted octanol–water partition coefficient (Wildman–Crippen LogP) is 3.83. The molecular formula is C15H18O. The quantitative estimate of drug-likeness (QED) is 0.694. The fourth-order valence-corrected chi connectivity index (χ4v) is 2.25. The molecule has 1 nitrogen and oxygen atoms in total. The minimum absolute atomic E-state index is 0.286. The molecule has 0 aliphatic heterocycles. The van der Waals surface area contributed by atoms with Crippen LogP contribution in [0.25, 0.3) is 5.57 Å². The summed E-state index contributed by atoms with van der Waals surface area (Å²) in [6.45, 7) is 4.22. The molecule has 0 saturated heterocycles. The van der Waals surface area contributed by atoms with Crippen molar-refractivity contribution in [3.8, 4) is 0 Å². The molecule has 1 aromatic rings. The van der Waals surface area contributed by atoms with Crippen LogP contribution in [0.5, 0.6) is 0 Å². The summed E-state index contributed by atoms with van der Waals surface area (Å²) in [6, 6.07) is 6.46. The Morgan fingerprint density at radius 1 is 1.06 bits per heavy atom. The Balaban J connectivity index is 2.42. The van der Waals surface area contributed by atoms with Gasteiger partial charge in [-0.25, -0.2) is 0 Å². The minimum atomic E-state index is 0.286. The molecule has 2 rings (SSSR count). The number of allylic oxidation sites excluding steroid dienone is 2. The van der Waals surface area contributed by atoms with Gasteiger partial charge < -0.3 is 0 Å². The van der Waals surface area contributed by atoms with E-state index in [4.69, 9.17) is 0 Å². The monoisotopic (exact) mass is 214 g/mol. The second-order valence-electron chi connectivity index (χ2n) is 4.66. The van der Waals surface area contributed by atoms with Crippen molar-refractivity contribution in [1.29, 1.82) is 0 Å². The van der Waals surface area contributed by atoms with Gasteiger partial charge in [-0.3, -0.25) is 4.79 Å². The number of ketones is 1. The molecule has 0 atom stereocenters. The fraction of sp³-hybridized carbons (Fsp3) is 0.400. The largest absolute Gasteiger partial charge is 0.295 e. The van der Waals surface area contributed by atoms with Crippen LogP contribution in [0.1, 0.15) is 42.4 Å². The fourth-order valence-electron chi connectivity index (χ4n) is 2.25. The Morgan fingerprint density at radius 3 is 2.62 bits per heavy atom. The number of benzene rings is 1. The maximum atomic E-state index is 11.6. The Hall–Kier alpha value is -1.37. The lowest BCUT2D eigenvalue weighted by Gasteiger charge is -2.10. The molecule has 1 aromatic carbocycles. The van der Waals surface area contributed by atoms with E-state index in [-0.39, 0.29) is 5.78 Å². The summed E-state index contributed by atoms with van der Waals surface area (Å²) in [6.07, 6.45) is 5.77. The van der Waals surface area contributed by atoms with Crippen molar-refractivity contribution in [2.45, 2.75) is 39.5 Å². The standard InChI is InChI=1S/C15H18O/c1-11-7-8-12(2)15(9-11)13-5-3-4-6-14(16)10-13/h7-10H,3-6H2,1-2H3. The summed E-state index contributed by atoms with van der Waals surface area (Å²) in [5.74, 6) is 0.286. The zero-order valence-electron chi connectivity index (χ0n) is 10.0. The van der Waals surface area contributed by atoms with Gasteiger partial charge >= 0.3 is 0 Å². The van der Waals surface area contributed by atoms with E-state index >= 15 is 0 Å². The summed E-state index contributed by atoms with van der Waals surface area (Å²) in [5, 5.41) is 0. The molecule has 0 spiro atoms. The average Bonchev–Trinajstić information content (AvgIpc) is 2.46. The first-order valence-electron chi connectivity index (χ1n) is 5.98. The van der Waals surface area contributed by atoms with Gasteiger partial charge in [-0.15, -0.1) is 0 Å². The smallest absolute Gasteiger partial charge is 0.155 e. The number of aryl methyl sites for hydroxylation is 2. The zero-order chi connectivity index (χ0) is 11.5. The summed E-state index contributed by atoms with van der Waals surface area (Å²) in [7, 11) is 0. The molecule has 0 N–H and O–H groups in total. The van der Waals surface area contributed by atoms with Crippen LogP contribution in [-0.2, 0) is 4.79 Å². The van der Waals surface area contributed by atoms with Crippen LogP contribution in [-0.4, -0.2) is 5.78 Å². The summed E-state index contributed by atoms with van der Waals surface area (Å²) < 4.78 is 0. The van der Waals surface area contributed by atoms with Crippen molar-refractivity contribution >= 4 is 11.4 Å². The first kappa shape index (κ1) is 11.1. The highest BCUT2D eigenvalue weighted by molar-refractivity contribution is 5.97. The number of rotatable bonds is 1.